The van der Waals surface area contributed by atoms with E-state index in [2.05, 4.69) is 54.3 Å². The molecule has 2 N–H and O–H groups in total. The Bertz CT molecular complexity index is 1190. The maximum atomic E-state index is 13.1. The zero-order valence-electron chi connectivity index (χ0n) is 24.0. The first-order valence-corrected chi connectivity index (χ1v) is 13.7. The first-order chi connectivity index (χ1) is 18.6. The van der Waals surface area contributed by atoms with Crippen LogP contribution in [-0.2, 0) is 19.0 Å². The van der Waals surface area contributed by atoms with Gasteiger partial charge >= 0.3 is 0 Å². The number of fused-ring (bicyclic) bond motifs is 2. The number of methoxy groups -OCH3 is 2. The zero-order chi connectivity index (χ0) is 28.3. The monoisotopic (exact) mass is 534 g/mol. The number of anilines is 1. The van der Waals surface area contributed by atoms with Gasteiger partial charge in [-0.2, -0.15) is 5.26 Å². The van der Waals surface area contributed by atoms with Crippen LogP contribution in [0.3, 0.4) is 0 Å². The molecule has 4 rings (SSSR count). The molecule has 1 aromatic carbocycles. The van der Waals surface area contributed by atoms with E-state index in [9.17, 15) is 4.79 Å². The van der Waals surface area contributed by atoms with Crippen LogP contribution in [-0.4, -0.2) is 57.4 Å². The fraction of sp³-hybridized carbons (Fsp3) is 0.581. The van der Waals surface area contributed by atoms with Crippen LogP contribution in [0.25, 0.3) is 5.57 Å². The van der Waals surface area contributed by atoms with Crippen LogP contribution in [0.1, 0.15) is 75.8 Å². The van der Waals surface area contributed by atoms with Gasteiger partial charge in [-0.25, -0.2) is 0 Å². The molecule has 1 unspecified atom stereocenters. The van der Waals surface area contributed by atoms with Crippen molar-refractivity contribution in [2.45, 2.75) is 75.9 Å². The molecule has 2 aliphatic heterocycles. The summed E-state index contributed by atoms with van der Waals surface area (Å²) in [5.74, 6) is -0.0923. The topological polar surface area (TPSA) is 105 Å². The number of nitrogens with zero attached hydrogens (tertiary/aromatic N) is 2. The number of allylic oxidation sites excluding steroid dienone is 3. The number of hydrogen-bond donors (Lipinski definition) is 2. The lowest BCUT2D eigenvalue weighted by Gasteiger charge is -2.44. The molecule has 2 heterocycles. The Labute approximate surface area is 232 Å². The predicted octanol–water partition coefficient (Wildman–Crippen LogP) is 5.33. The van der Waals surface area contributed by atoms with Gasteiger partial charge < -0.3 is 24.8 Å². The summed E-state index contributed by atoms with van der Waals surface area (Å²) in [5.41, 5.74) is 3.94. The van der Waals surface area contributed by atoms with E-state index in [4.69, 9.17) is 19.5 Å². The number of amidine groups is 1. The number of hydrogen-bond acceptors (Lipinski definition) is 6. The summed E-state index contributed by atoms with van der Waals surface area (Å²) in [4.78, 5) is 17.2. The van der Waals surface area contributed by atoms with Crippen molar-refractivity contribution in [1.82, 2.24) is 5.32 Å². The lowest BCUT2D eigenvalue weighted by Crippen LogP contribution is -2.48. The minimum Gasteiger partial charge on any atom is -0.382 e. The van der Waals surface area contributed by atoms with E-state index in [0.29, 0.717) is 13.2 Å². The van der Waals surface area contributed by atoms with Crippen molar-refractivity contribution < 1.29 is 19.0 Å². The van der Waals surface area contributed by atoms with Crippen molar-refractivity contribution in [3.8, 4) is 6.07 Å². The molecule has 0 aromatic heterocycles. The standard InChI is InChI=1S/C31H42N4O4/c1-21(18-32)34-27(33-4)28(36)35-26-8-7-23(15-25(26)22-9-11-29(2,3)12-10-22)24-16-30(19-37-5)13-14-31(17-24,39-30)20-38-6/h7-9,15,24H,1,10-14,16-17,19-20H2,2-6H3,(H,33,34)(H,35,36)/t24?,30-,31+. The van der Waals surface area contributed by atoms with E-state index in [0.717, 1.165) is 56.2 Å². The number of ether oxygens (including phenoxy) is 3. The van der Waals surface area contributed by atoms with Gasteiger partial charge in [0.2, 0.25) is 0 Å². The number of amides is 1. The van der Waals surface area contributed by atoms with Crippen molar-refractivity contribution in [3.05, 3.63) is 47.7 Å². The molecule has 2 fully saturated rings. The van der Waals surface area contributed by atoms with Crippen LogP contribution < -0.4 is 10.6 Å². The minimum atomic E-state index is -0.415. The maximum Gasteiger partial charge on any atom is 0.291 e. The van der Waals surface area contributed by atoms with Gasteiger partial charge in [-0.15, -0.1) is 0 Å². The molecule has 2 saturated heterocycles. The fourth-order valence-corrected chi connectivity index (χ4v) is 6.44. The van der Waals surface area contributed by atoms with Crippen molar-refractivity contribution in [2.24, 2.45) is 10.4 Å². The highest BCUT2D eigenvalue weighted by Gasteiger charge is 2.55. The van der Waals surface area contributed by atoms with Gasteiger partial charge in [0.15, 0.2) is 5.84 Å². The van der Waals surface area contributed by atoms with Crippen LogP contribution in [0.5, 0.6) is 0 Å². The van der Waals surface area contributed by atoms with Crippen LogP contribution >= 0.6 is 0 Å². The molecule has 2 bridgehead atoms. The highest BCUT2D eigenvalue weighted by atomic mass is 16.6. The van der Waals surface area contributed by atoms with Crippen LogP contribution in [0.4, 0.5) is 5.69 Å². The summed E-state index contributed by atoms with van der Waals surface area (Å²) < 4.78 is 17.9. The molecule has 8 nitrogen and oxygen atoms in total. The number of carbonyl (C=O) groups is 1. The molecule has 1 aliphatic carbocycles. The largest absolute Gasteiger partial charge is 0.382 e. The second kappa shape index (κ2) is 11.6. The highest BCUT2D eigenvalue weighted by Crippen LogP contribution is 2.54. The molecule has 0 spiro atoms. The van der Waals surface area contributed by atoms with E-state index in [1.54, 1.807) is 14.2 Å². The van der Waals surface area contributed by atoms with Crippen LogP contribution in [0, 0.1) is 16.7 Å². The highest BCUT2D eigenvalue weighted by molar-refractivity contribution is 6.42. The molecule has 1 amide bonds. The molecule has 39 heavy (non-hydrogen) atoms. The first kappa shape index (κ1) is 29.0. The van der Waals surface area contributed by atoms with Crippen molar-refractivity contribution in [1.29, 1.82) is 5.26 Å². The molecule has 1 aromatic rings. The first-order valence-electron chi connectivity index (χ1n) is 13.7. The number of nitrogens with one attached hydrogen (secondary N) is 2. The average Bonchev–Trinajstić information content (AvgIpc) is 3.17. The molecule has 0 saturated carbocycles. The summed E-state index contributed by atoms with van der Waals surface area (Å²) in [6.45, 7) is 9.32. The molecule has 210 valence electrons. The molecular formula is C31H42N4O4. The Hall–Kier alpha value is -2.99. The molecule has 8 heteroatoms. The van der Waals surface area contributed by atoms with Crippen molar-refractivity contribution in [3.63, 3.8) is 0 Å². The summed E-state index contributed by atoms with van der Waals surface area (Å²) in [6, 6.07) is 8.26. The fourth-order valence-electron chi connectivity index (χ4n) is 6.44. The van der Waals surface area contributed by atoms with Gasteiger partial charge in [0.1, 0.15) is 11.8 Å². The Morgan fingerprint density at radius 1 is 1.18 bits per heavy atom. The lowest BCUT2D eigenvalue weighted by molar-refractivity contribution is -0.184. The summed E-state index contributed by atoms with van der Waals surface area (Å²) in [5, 5.41) is 14.8. The SMILES string of the molecule is C=C(C#N)NC(=NC)C(=O)Nc1ccc(C2C[C@@]3(COC)CC[C@@](COC)(C2)O3)cc1C1=CCC(C)(C)CC1. The zero-order valence-corrected chi connectivity index (χ0v) is 24.0. The minimum absolute atomic E-state index is 0.0411. The lowest BCUT2D eigenvalue weighted by atomic mass is 9.75. The number of rotatable bonds is 8. The Balaban J connectivity index is 1.69. The van der Waals surface area contributed by atoms with Gasteiger partial charge in [0.25, 0.3) is 5.91 Å². The van der Waals surface area contributed by atoms with Gasteiger partial charge in [0.05, 0.1) is 24.4 Å². The predicted molar refractivity (Wildman–Crippen MR) is 153 cm³/mol. The quantitative estimate of drug-likeness (QED) is 0.265. The molecule has 0 radical (unpaired) electrons. The molecule has 3 atom stereocenters. The van der Waals surface area contributed by atoms with E-state index < -0.39 is 5.91 Å². The number of benzene rings is 1. The van der Waals surface area contributed by atoms with Crippen molar-refractivity contribution >= 4 is 23.0 Å². The second-order valence-corrected chi connectivity index (χ2v) is 12.1. The Morgan fingerprint density at radius 3 is 2.38 bits per heavy atom. The summed E-state index contributed by atoms with van der Waals surface area (Å²) in [6.07, 6.45) is 9.00. The summed E-state index contributed by atoms with van der Waals surface area (Å²) >= 11 is 0. The third kappa shape index (κ3) is 6.43. The van der Waals surface area contributed by atoms with E-state index >= 15 is 0 Å². The van der Waals surface area contributed by atoms with Gasteiger partial charge in [-0.1, -0.05) is 32.6 Å². The van der Waals surface area contributed by atoms with Crippen LogP contribution in [0.2, 0.25) is 0 Å². The Kier molecular flexibility index (Phi) is 8.65. The van der Waals surface area contributed by atoms with Crippen LogP contribution in [0.15, 0.2) is 41.5 Å². The van der Waals surface area contributed by atoms with Gasteiger partial charge in [-0.05, 0) is 79.5 Å². The maximum absolute atomic E-state index is 13.1. The van der Waals surface area contributed by atoms with E-state index in [1.165, 1.54) is 18.2 Å². The smallest absolute Gasteiger partial charge is 0.291 e. The van der Waals surface area contributed by atoms with Crippen molar-refractivity contribution in [2.75, 3.05) is 39.8 Å². The number of aliphatic imine (C=N–C) groups is 1. The summed E-state index contributed by atoms with van der Waals surface area (Å²) in [7, 11) is 4.98. The third-order valence-electron chi connectivity index (χ3n) is 8.45. The number of nitriles is 1. The van der Waals surface area contributed by atoms with E-state index in [1.807, 2.05) is 12.1 Å². The molecular weight excluding hydrogens is 492 g/mol. The Morgan fingerprint density at radius 2 is 1.85 bits per heavy atom. The number of carbonyl (C=O) groups excluding carboxylic acids is 1. The molecule has 3 aliphatic rings. The normalized spacial score (nSPS) is 27.8. The third-order valence-corrected chi connectivity index (χ3v) is 8.45. The van der Waals surface area contributed by atoms with E-state index in [-0.39, 0.29) is 34.1 Å². The second-order valence-electron chi connectivity index (χ2n) is 12.1. The van der Waals surface area contributed by atoms with Gasteiger partial charge in [0, 0.05) is 32.5 Å². The average molecular weight is 535 g/mol. The van der Waals surface area contributed by atoms with Gasteiger partial charge in [-0.3, -0.25) is 9.79 Å².